The van der Waals surface area contributed by atoms with Crippen molar-refractivity contribution >= 4 is 0 Å². The van der Waals surface area contributed by atoms with Gasteiger partial charge in [-0.25, -0.2) is 0 Å². The largest absolute Gasteiger partial charge is 0.457 e. The fraction of sp³-hybridized carbons (Fsp3) is 0.250. The van der Waals surface area contributed by atoms with Gasteiger partial charge >= 0.3 is 0 Å². The third kappa shape index (κ3) is 2.68. The maximum atomic E-state index is 5.90. The summed E-state index contributed by atoms with van der Waals surface area (Å²) in [6.07, 6.45) is 0. The molecule has 2 aromatic rings. The van der Waals surface area contributed by atoms with Gasteiger partial charge in [0.1, 0.15) is 11.5 Å². The molecule has 0 N–H and O–H groups in total. The Balaban J connectivity index is 2.31. The maximum absolute atomic E-state index is 5.90. The van der Waals surface area contributed by atoms with Gasteiger partial charge in [-0.3, -0.25) is 0 Å². The summed E-state index contributed by atoms with van der Waals surface area (Å²) in [7, 11) is 0. The fourth-order valence-corrected chi connectivity index (χ4v) is 1.98. The molecule has 0 aromatic heterocycles. The molecule has 0 aliphatic rings. The van der Waals surface area contributed by atoms with E-state index in [9.17, 15) is 0 Å². The second kappa shape index (κ2) is 5.05. The average Bonchev–Trinajstić information content (AvgIpc) is 2.33. The quantitative estimate of drug-likeness (QED) is 0.722. The summed E-state index contributed by atoms with van der Waals surface area (Å²) in [5, 5.41) is 0. The van der Waals surface area contributed by atoms with Gasteiger partial charge in [-0.05, 0) is 42.2 Å². The van der Waals surface area contributed by atoms with Crippen molar-refractivity contribution in [3.05, 3.63) is 59.7 Å². The molecule has 0 saturated carbocycles. The molecular formula is C16H18O. The van der Waals surface area contributed by atoms with Gasteiger partial charge in [0.05, 0.1) is 0 Å². The Morgan fingerprint density at radius 3 is 2.24 bits per heavy atom. The van der Waals surface area contributed by atoms with Crippen molar-refractivity contribution in [3.8, 4) is 11.5 Å². The molecule has 0 spiro atoms. The Hall–Kier alpha value is -1.76. The number of hydrogen-bond acceptors (Lipinski definition) is 1. The highest BCUT2D eigenvalue weighted by molar-refractivity contribution is 5.43. The van der Waals surface area contributed by atoms with E-state index in [1.165, 1.54) is 11.1 Å². The number of hydrogen-bond donors (Lipinski definition) is 0. The van der Waals surface area contributed by atoms with Crippen LogP contribution in [0.25, 0.3) is 0 Å². The third-order valence-electron chi connectivity index (χ3n) is 2.92. The molecule has 0 heterocycles. The lowest BCUT2D eigenvalue weighted by Crippen LogP contribution is -1.95. The Kier molecular flexibility index (Phi) is 3.48. The lowest BCUT2D eigenvalue weighted by molar-refractivity contribution is 0.477. The predicted octanol–water partition coefficient (Wildman–Crippen LogP) is 4.91. The highest BCUT2D eigenvalue weighted by Gasteiger charge is 2.08. The fourth-order valence-electron chi connectivity index (χ4n) is 1.98. The smallest absolute Gasteiger partial charge is 0.130 e. The Bertz CT molecular complexity index is 486. The number of ether oxygens (including phenoxy) is 1. The SMILES string of the molecule is Cc1c(Oc2ccccc2)cccc1C(C)C. The summed E-state index contributed by atoms with van der Waals surface area (Å²) in [5.74, 6) is 2.35. The molecule has 0 amide bonds. The van der Waals surface area contributed by atoms with E-state index in [4.69, 9.17) is 4.74 Å². The van der Waals surface area contributed by atoms with Crippen LogP contribution in [0.1, 0.15) is 30.9 Å². The minimum atomic E-state index is 0.523. The van der Waals surface area contributed by atoms with Crippen LogP contribution in [0.4, 0.5) is 0 Å². The zero-order valence-electron chi connectivity index (χ0n) is 10.6. The van der Waals surface area contributed by atoms with Crippen molar-refractivity contribution in [3.63, 3.8) is 0 Å². The van der Waals surface area contributed by atoms with Crippen LogP contribution in [0.3, 0.4) is 0 Å². The van der Waals surface area contributed by atoms with E-state index in [0.717, 1.165) is 11.5 Å². The van der Waals surface area contributed by atoms with Crippen molar-refractivity contribution in [1.82, 2.24) is 0 Å². The van der Waals surface area contributed by atoms with Crippen molar-refractivity contribution in [1.29, 1.82) is 0 Å². The molecule has 2 rings (SSSR count). The van der Waals surface area contributed by atoms with Crippen LogP contribution in [0.2, 0.25) is 0 Å². The summed E-state index contributed by atoms with van der Waals surface area (Å²) in [4.78, 5) is 0. The van der Waals surface area contributed by atoms with E-state index in [0.29, 0.717) is 5.92 Å². The van der Waals surface area contributed by atoms with Crippen molar-refractivity contribution < 1.29 is 4.74 Å². The number of para-hydroxylation sites is 1. The summed E-state index contributed by atoms with van der Waals surface area (Å²) >= 11 is 0. The molecule has 0 saturated heterocycles. The Morgan fingerprint density at radius 2 is 1.59 bits per heavy atom. The van der Waals surface area contributed by atoms with Crippen LogP contribution in [-0.4, -0.2) is 0 Å². The minimum Gasteiger partial charge on any atom is -0.457 e. The lowest BCUT2D eigenvalue weighted by Gasteiger charge is -2.14. The first-order valence-corrected chi connectivity index (χ1v) is 6.01. The zero-order valence-corrected chi connectivity index (χ0v) is 10.6. The van der Waals surface area contributed by atoms with Gasteiger partial charge in [0.25, 0.3) is 0 Å². The van der Waals surface area contributed by atoms with E-state index >= 15 is 0 Å². The topological polar surface area (TPSA) is 9.23 Å². The summed E-state index contributed by atoms with van der Waals surface area (Å²) in [6.45, 7) is 6.52. The van der Waals surface area contributed by atoms with E-state index in [2.05, 4.69) is 32.9 Å². The summed E-state index contributed by atoms with van der Waals surface area (Å²) in [6, 6.07) is 16.1. The van der Waals surface area contributed by atoms with Crippen LogP contribution in [0, 0.1) is 6.92 Å². The van der Waals surface area contributed by atoms with Gasteiger partial charge in [0.15, 0.2) is 0 Å². The molecular weight excluding hydrogens is 208 g/mol. The van der Waals surface area contributed by atoms with Gasteiger partial charge in [-0.1, -0.05) is 44.2 Å². The van der Waals surface area contributed by atoms with Gasteiger partial charge in [-0.2, -0.15) is 0 Å². The van der Waals surface area contributed by atoms with Crippen LogP contribution in [0.5, 0.6) is 11.5 Å². The van der Waals surface area contributed by atoms with Crippen LogP contribution in [-0.2, 0) is 0 Å². The first kappa shape index (κ1) is 11.7. The van der Waals surface area contributed by atoms with E-state index in [1.807, 2.05) is 36.4 Å². The number of benzene rings is 2. The minimum absolute atomic E-state index is 0.523. The number of rotatable bonds is 3. The van der Waals surface area contributed by atoms with Gasteiger partial charge in [-0.15, -0.1) is 0 Å². The van der Waals surface area contributed by atoms with E-state index < -0.39 is 0 Å². The van der Waals surface area contributed by atoms with Gasteiger partial charge < -0.3 is 4.74 Å². The van der Waals surface area contributed by atoms with Crippen LogP contribution in [0.15, 0.2) is 48.5 Å². The van der Waals surface area contributed by atoms with Gasteiger partial charge in [0, 0.05) is 0 Å². The molecule has 0 radical (unpaired) electrons. The highest BCUT2D eigenvalue weighted by atomic mass is 16.5. The van der Waals surface area contributed by atoms with Crippen molar-refractivity contribution in [2.45, 2.75) is 26.7 Å². The highest BCUT2D eigenvalue weighted by Crippen LogP contribution is 2.30. The Morgan fingerprint density at radius 1 is 0.882 bits per heavy atom. The van der Waals surface area contributed by atoms with Crippen LogP contribution < -0.4 is 4.74 Å². The molecule has 0 fully saturated rings. The second-order valence-corrected chi connectivity index (χ2v) is 4.54. The zero-order chi connectivity index (χ0) is 12.3. The van der Waals surface area contributed by atoms with E-state index in [-0.39, 0.29) is 0 Å². The molecule has 2 aromatic carbocycles. The molecule has 0 aliphatic carbocycles. The third-order valence-corrected chi connectivity index (χ3v) is 2.92. The molecule has 0 aliphatic heterocycles. The molecule has 0 atom stereocenters. The Labute approximate surface area is 103 Å². The second-order valence-electron chi connectivity index (χ2n) is 4.54. The monoisotopic (exact) mass is 226 g/mol. The van der Waals surface area contributed by atoms with Crippen molar-refractivity contribution in [2.24, 2.45) is 0 Å². The standard InChI is InChI=1S/C16H18O/c1-12(2)15-10-7-11-16(13(15)3)17-14-8-5-4-6-9-14/h4-12H,1-3H3. The summed E-state index contributed by atoms with van der Waals surface area (Å²) in [5.41, 5.74) is 2.57. The molecule has 17 heavy (non-hydrogen) atoms. The summed E-state index contributed by atoms with van der Waals surface area (Å²) < 4.78 is 5.90. The van der Waals surface area contributed by atoms with E-state index in [1.54, 1.807) is 0 Å². The molecule has 1 nitrogen and oxygen atoms in total. The molecule has 0 unspecified atom stereocenters. The predicted molar refractivity (Wildman–Crippen MR) is 71.8 cm³/mol. The molecule has 1 heteroatoms. The van der Waals surface area contributed by atoms with Crippen LogP contribution >= 0.6 is 0 Å². The molecule has 0 bridgehead atoms. The normalized spacial score (nSPS) is 10.6. The van der Waals surface area contributed by atoms with Gasteiger partial charge in [0.2, 0.25) is 0 Å². The first-order chi connectivity index (χ1) is 8.18. The lowest BCUT2D eigenvalue weighted by atomic mass is 9.97. The van der Waals surface area contributed by atoms with Crippen molar-refractivity contribution in [2.75, 3.05) is 0 Å². The first-order valence-electron chi connectivity index (χ1n) is 6.01. The maximum Gasteiger partial charge on any atom is 0.130 e. The molecule has 88 valence electrons. The average molecular weight is 226 g/mol.